The van der Waals surface area contributed by atoms with Gasteiger partial charge in [-0.25, -0.2) is 9.07 Å². The van der Waals surface area contributed by atoms with E-state index in [2.05, 4.69) is 15.6 Å². The van der Waals surface area contributed by atoms with Crippen LogP contribution in [0.5, 0.6) is 0 Å². The van der Waals surface area contributed by atoms with Crippen LogP contribution in [0.3, 0.4) is 0 Å². The van der Waals surface area contributed by atoms with Crippen LogP contribution in [0.2, 0.25) is 0 Å². The van der Waals surface area contributed by atoms with E-state index in [4.69, 9.17) is 9.15 Å². The number of benzene rings is 2. The molecule has 1 aliphatic rings. The maximum atomic E-state index is 13.8. The number of carbonyl (C=O) groups excluding carboxylic acids is 2. The predicted octanol–water partition coefficient (Wildman–Crippen LogP) is 3.23. The number of furan rings is 1. The highest BCUT2D eigenvalue weighted by molar-refractivity contribution is 5.89. The number of carbonyl (C=O) groups is 2. The topological polar surface area (TPSA) is 102 Å². The first-order chi connectivity index (χ1) is 17.6. The molecule has 36 heavy (non-hydrogen) atoms. The minimum atomic E-state index is -1.01. The van der Waals surface area contributed by atoms with Crippen molar-refractivity contribution in [1.82, 2.24) is 25.2 Å². The van der Waals surface area contributed by atoms with Crippen molar-refractivity contribution in [3.8, 4) is 0 Å². The second-order valence-electron chi connectivity index (χ2n) is 8.67. The van der Waals surface area contributed by atoms with Crippen LogP contribution in [0.4, 0.5) is 4.39 Å². The van der Waals surface area contributed by atoms with Crippen molar-refractivity contribution < 1.29 is 23.1 Å². The number of hydrogen-bond donors (Lipinski definition) is 1. The summed E-state index contributed by atoms with van der Waals surface area (Å²) >= 11 is 0. The molecule has 2 atom stereocenters. The molecular weight excluding hydrogens is 465 g/mol. The summed E-state index contributed by atoms with van der Waals surface area (Å²) in [5.74, 6) is -0.594. The third-order valence-electron chi connectivity index (χ3n) is 6.21. The molecule has 0 aliphatic carbocycles. The zero-order valence-corrected chi connectivity index (χ0v) is 19.5. The van der Waals surface area contributed by atoms with Gasteiger partial charge >= 0.3 is 0 Å². The van der Waals surface area contributed by atoms with Crippen LogP contribution in [-0.4, -0.2) is 51.0 Å². The van der Waals surface area contributed by atoms with Crippen LogP contribution in [-0.2, 0) is 27.4 Å². The standard InChI is InChI=1S/C26H26FN5O4/c27-19-11-9-18(10-12-19)25(26(34)28-15-20-5-3-13-35-20)31(16-21-6-4-14-36-21)24(33)17-32-23-8-2-1-7-22(23)29-30-32/h1-3,5,7-13,21,25H,4,6,14-17H2,(H,28,34)/t21-,25+/m1/s1. The molecule has 1 N–H and O–H groups in total. The highest BCUT2D eigenvalue weighted by Crippen LogP contribution is 2.26. The van der Waals surface area contributed by atoms with E-state index in [1.54, 1.807) is 12.1 Å². The number of amides is 2. The molecule has 9 nitrogen and oxygen atoms in total. The Morgan fingerprint density at radius 1 is 1.14 bits per heavy atom. The lowest BCUT2D eigenvalue weighted by molar-refractivity contribution is -0.143. The summed E-state index contributed by atoms with van der Waals surface area (Å²) < 4.78 is 26.4. The Hall–Kier alpha value is -4.05. The van der Waals surface area contributed by atoms with Gasteiger partial charge in [-0.1, -0.05) is 29.5 Å². The van der Waals surface area contributed by atoms with Gasteiger partial charge in [0.1, 0.15) is 29.7 Å². The van der Waals surface area contributed by atoms with Crippen molar-refractivity contribution in [1.29, 1.82) is 0 Å². The smallest absolute Gasteiger partial charge is 0.247 e. The molecule has 1 saturated heterocycles. The largest absolute Gasteiger partial charge is 0.467 e. The summed E-state index contributed by atoms with van der Waals surface area (Å²) in [4.78, 5) is 28.8. The van der Waals surface area contributed by atoms with Crippen LogP contribution >= 0.6 is 0 Å². The Kier molecular flexibility index (Phi) is 7.03. The monoisotopic (exact) mass is 491 g/mol. The summed E-state index contributed by atoms with van der Waals surface area (Å²) in [6.45, 7) is 0.851. The van der Waals surface area contributed by atoms with E-state index in [0.29, 0.717) is 29.0 Å². The van der Waals surface area contributed by atoms with E-state index in [0.717, 1.165) is 12.8 Å². The number of halogens is 1. The molecule has 5 rings (SSSR count). The number of fused-ring (bicyclic) bond motifs is 1. The second-order valence-corrected chi connectivity index (χ2v) is 8.67. The number of aromatic nitrogens is 3. The fourth-order valence-corrected chi connectivity index (χ4v) is 4.41. The summed E-state index contributed by atoms with van der Waals surface area (Å²) in [5.41, 5.74) is 1.87. The lowest BCUT2D eigenvalue weighted by Crippen LogP contribution is -2.47. The molecular formula is C26H26FN5O4. The normalized spacial score (nSPS) is 16.2. The first-order valence-corrected chi connectivity index (χ1v) is 11.8. The molecule has 0 unspecified atom stereocenters. The van der Waals surface area contributed by atoms with Crippen molar-refractivity contribution in [3.05, 3.63) is 84.1 Å². The van der Waals surface area contributed by atoms with Crippen molar-refractivity contribution in [2.24, 2.45) is 0 Å². The molecule has 2 amide bonds. The number of rotatable bonds is 9. The zero-order chi connectivity index (χ0) is 24.9. The average Bonchev–Trinajstić information content (AvgIpc) is 3.67. The quantitative estimate of drug-likeness (QED) is 0.386. The van der Waals surface area contributed by atoms with Crippen molar-refractivity contribution in [3.63, 3.8) is 0 Å². The zero-order valence-electron chi connectivity index (χ0n) is 19.5. The SMILES string of the molecule is O=C(NCc1ccco1)[C@H](c1ccc(F)cc1)N(C[C@H]1CCCO1)C(=O)Cn1nnc2ccccc21. The molecule has 2 aromatic carbocycles. The Bertz CT molecular complexity index is 1320. The number of nitrogens with one attached hydrogen (secondary N) is 1. The predicted molar refractivity (Wildman–Crippen MR) is 128 cm³/mol. The Morgan fingerprint density at radius 2 is 1.97 bits per heavy atom. The molecule has 4 aromatic rings. The lowest BCUT2D eigenvalue weighted by Gasteiger charge is -2.33. The van der Waals surface area contributed by atoms with Crippen molar-refractivity contribution >= 4 is 22.8 Å². The van der Waals surface area contributed by atoms with E-state index >= 15 is 0 Å². The van der Waals surface area contributed by atoms with Gasteiger partial charge in [-0.05, 0) is 54.8 Å². The van der Waals surface area contributed by atoms with Gasteiger partial charge in [0.25, 0.3) is 0 Å². The molecule has 0 radical (unpaired) electrons. The Morgan fingerprint density at radius 3 is 2.72 bits per heavy atom. The number of para-hydroxylation sites is 1. The molecule has 186 valence electrons. The van der Waals surface area contributed by atoms with Crippen molar-refractivity contribution in [2.45, 2.75) is 38.1 Å². The van der Waals surface area contributed by atoms with E-state index < -0.39 is 17.8 Å². The molecule has 2 aromatic heterocycles. The summed E-state index contributed by atoms with van der Waals surface area (Å²) in [5, 5.41) is 11.1. The molecule has 10 heteroatoms. The van der Waals surface area contributed by atoms with Gasteiger partial charge in [0.2, 0.25) is 11.8 Å². The fraction of sp³-hybridized carbons (Fsp3) is 0.308. The van der Waals surface area contributed by atoms with Gasteiger partial charge in [-0.15, -0.1) is 5.10 Å². The second kappa shape index (κ2) is 10.7. The van der Waals surface area contributed by atoms with Gasteiger partial charge in [0, 0.05) is 13.2 Å². The highest BCUT2D eigenvalue weighted by Gasteiger charge is 2.34. The number of hydrogen-bond acceptors (Lipinski definition) is 6. The van der Waals surface area contributed by atoms with E-state index in [9.17, 15) is 14.0 Å². The fourth-order valence-electron chi connectivity index (χ4n) is 4.41. The maximum Gasteiger partial charge on any atom is 0.247 e. The summed E-state index contributed by atoms with van der Waals surface area (Å²) in [6.07, 6.45) is 2.98. The first kappa shape index (κ1) is 23.7. The average molecular weight is 492 g/mol. The minimum absolute atomic E-state index is 0.115. The Balaban J connectivity index is 1.46. The van der Waals surface area contributed by atoms with Gasteiger partial charge < -0.3 is 19.4 Å². The third-order valence-corrected chi connectivity index (χ3v) is 6.21. The van der Waals surface area contributed by atoms with Gasteiger partial charge in [-0.3, -0.25) is 9.59 Å². The van der Waals surface area contributed by atoms with Crippen LogP contribution in [0.1, 0.15) is 30.2 Å². The Labute approximate surface area is 206 Å². The van der Waals surface area contributed by atoms with E-state index in [1.807, 2.05) is 24.3 Å². The highest BCUT2D eigenvalue weighted by atomic mass is 19.1. The van der Waals surface area contributed by atoms with Crippen LogP contribution in [0.15, 0.2) is 71.3 Å². The molecule has 3 heterocycles. The molecule has 0 spiro atoms. The number of ether oxygens (including phenoxy) is 1. The third kappa shape index (κ3) is 5.28. The summed E-state index contributed by atoms with van der Waals surface area (Å²) in [6, 6.07) is 15.4. The van der Waals surface area contributed by atoms with Gasteiger partial charge in [0.15, 0.2) is 0 Å². The van der Waals surface area contributed by atoms with Crippen molar-refractivity contribution in [2.75, 3.05) is 13.2 Å². The van der Waals surface area contributed by atoms with Crippen LogP contribution in [0, 0.1) is 5.82 Å². The van der Waals surface area contributed by atoms with Crippen LogP contribution < -0.4 is 5.32 Å². The molecule has 0 bridgehead atoms. The van der Waals surface area contributed by atoms with Gasteiger partial charge in [0.05, 0.1) is 24.4 Å². The van der Waals surface area contributed by atoms with Crippen LogP contribution in [0.25, 0.3) is 11.0 Å². The van der Waals surface area contributed by atoms with Gasteiger partial charge in [-0.2, -0.15) is 0 Å². The van der Waals surface area contributed by atoms with E-state index in [-0.39, 0.29) is 31.6 Å². The molecule has 1 aliphatic heterocycles. The molecule has 1 fully saturated rings. The summed E-state index contributed by atoms with van der Waals surface area (Å²) in [7, 11) is 0. The minimum Gasteiger partial charge on any atom is -0.467 e. The maximum absolute atomic E-state index is 13.8. The molecule has 0 saturated carbocycles. The number of nitrogens with zero attached hydrogens (tertiary/aromatic N) is 4. The first-order valence-electron chi connectivity index (χ1n) is 11.8. The van der Waals surface area contributed by atoms with E-state index in [1.165, 1.54) is 40.1 Å². The lowest BCUT2D eigenvalue weighted by atomic mass is 10.0.